The molecule has 0 aromatic carbocycles. The zero-order valence-corrected chi connectivity index (χ0v) is 11.9. The molecule has 4 atom stereocenters. The molecule has 20 heavy (non-hydrogen) atoms. The summed E-state index contributed by atoms with van der Waals surface area (Å²) in [5.41, 5.74) is 2.01. The third-order valence-corrected chi connectivity index (χ3v) is 5.60. The number of aryl methyl sites for hydroxylation is 2. The summed E-state index contributed by atoms with van der Waals surface area (Å²) in [6.45, 7) is 3.77. The van der Waals surface area contributed by atoms with Crippen molar-refractivity contribution in [3.05, 3.63) is 22.9 Å². The van der Waals surface area contributed by atoms with Crippen molar-refractivity contribution in [3.8, 4) is 0 Å². The van der Waals surface area contributed by atoms with Gasteiger partial charge in [-0.2, -0.15) is 0 Å². The largest absolute Gasteiger partial charge is 0.478 e. The second-order valence-corrected chi connectivity index (χ2v) is 6.77. The number of rotatable bonds is 3. The Morgan fingerprint density at radius 1 is 1.30 bits per heavy atom. The summed E-state index contributed by atoms with van der Waals surface area (Å²) in [4.78, 5) is 15.9. The van der Waals surface area contributed by atoms with Crippen molar-refractivity contribution in [1.82, 2.24) is 4.98 Å². The number of fused-ring (bicyclic) bond motifs is 5. The molecule has 3 saturated carbocycles. The lowest BCUT2D eigenvalue weighted by Crippen LogP contribution is -2.17. The van der Waals surface area contributed by atoms with Crippen molar-refractivity contribution in [2.24, 2.45) is 23.7 Å². The lowest BCUT2D eigenvalue weighted by atomic mass is 10.0. The van der Waals surface area contributed by atoms with Crippen LogP contribution in [0.5, 0.6) is 0 Å². The molecule has 1 aromatic heterocycles. The molecule has 1 heterocycles. The highest BCUT2D eigenvalue weighted by Gasteiger charge is 2.65. The van der Waals surface area contributed by atoms with Gasteiger partial charge in [0.25, 0.3) is 0 Å². The Balaban J connectivity index is 1.62. The summed E-state index contributed by atoms with van der Waals surface area (Å²) >= 11 is 0. The van der Waals surface area contributed by atoms with Crippen molar-refractivity contribution in [3.63, 3.8) is 0 Å². The van der Waals surface area contributed by atoms with Gasteiger partial charge in [0.1, 0.15) is 11.4 Å². The van der Waals surface area contributed by atoms with Crippen molar-refractivity contribution < 1.29 is 9.90 Å². The molecule has 0 radical (unpaired) electrons. The lowest BCUT2D eigenvalue weighted by Gasteiger charge is -2.15. The maximum atomic E-state index is 11.5. The average Bonchev–Trinajstić information content (AvgIpc) is 2.77. The molecule has 4 rings (SSSR count). The topological polar surface area (TPSA) is 62.2 Å². The van der Waals surface area contributed by atoms with E-state index in [1.54, 1.807) is 0 Å². The predicted molar refractivity (Wildman–Crippen MR) is 75.9 cm³/mol. The van der Waals surface area contributed by atoms with Crippen molar-refractivity contribution in [2.45, 2.75) is 39.2 Å². The lowest BCUT2D eigenvalue weighted by molar-refractivity contribution is 0.0697. The van der Waals surface area contributed by atoms with Gasteiger partial charge in [-0.3, -0.25) is 0 Å². The molecule has 0 saturated heterocycles. The van der Waals surface area contributed by atoms with E-state index in [9.17, 15) is 9.90 Å². The average molecular weight is 272 g/mol. The van der Waals surface area contributed by atoms with E-state index < -0.39 is 5.97 Å². The Hall–Kier alpha value is -1.58. The normalized spacial score (nSPS) is 36.8. The van der Waals surface area contributed by atoms with Crippen molar-refractivity contribution in [2.75, 3.05) is 5.32 Å². The maximum absolute atomic E-state index is 11.5. The molecule has 106 valence electrons. The SMILES string of the molecule is Cc1cc(C)c(C(=O)O)c(NC2C3C4CCC(C4)C23)n1. The first-order chi connectivity index (χ1) is 9.56. The van der Waals surface area contributed by atoms with Crippen molar-refractivity contribution in [1.29, 1.82) is 0 Å². The number of carboxylic acids is 1. The van der Waals surface area contributed by atoms with Crippen LogP contribution >= 0.6 is 0 Å². The Kier molecular flexibility index (Phi) is 2.41. The molecule has 3 aliphatic rings. The first kappa shape index (κ1) is 12.2. The number of carboxylic acid groups (broad SMARTS) is 1. The van der Waals surface area contributed by atoms with E-state index in [0.29, 0.717) is 17.4 Å². The van der Waals surface area contributed by atoms with E-state index >= 15 is 0 Å². The molecule has 2 bridgehead atoms. The highest BCUT2D eigenvalue weighted by atomic mass is 16.4. The van der Waals surface area contributed by atoms with Gasteiger partial charge in [0.2, 0.25) is 0 Å². The zero-order chi connectivity index (χ0) is 14.0. The third kappa shape index (κ3) is 1.60. The summed E-state index contributed by atoms with van der Waals surface area (Å²) in [5, 5.41) is 12.9. The van der Waals surface area contributed by atoms with Crippen LogP contribution < -0.4 is 5.32 Å². The van der Waals surface area contributed by atoms with E-state index in [1.807, 2.05) is 19.9 Å². The van der Waals surface area contributed by atoms with Crippen molar-refractivity contribution >= 4 is 11.8 Å². The van der Waals surface area contributed by atoms with Gasteiger partial charge in [0, 0.05) is 11.7 Å². The fourth-order valence-corrected chi connectivity index (χ4v) is 4.89. The third-order valence-electron chi connectivity index (χ3n) is 5.60. The van der Waals surface area contributed by atoms with Crippen LogP contribution in [0.15, 0.2) is 6.07 Å². The molecule has 3 aliphatic carbocycles. The van der Waals surface area contributed by atoms with E-state index in [1.165, 1.54) is 19.3 Å². The van der Waals surface area contributed by atoms with Gasteiger partial charge in [-0.25, -0.2) is 9.78 Å². The zero-order valence-electron chi connectivity index (χ0n) is 11.9. The molecule has 4 nitrogen and oxygen atoms in total. The van der Waals surface area contributed by atoms with E-state index in [4.69, 9.17) is 0 Å². The quantitative estimate of drug-likeness (QED) is 0.888. The molecule has 4 heteroatoms. The number of aromatic nitrogens is 1. The summed E-state index contributed by atoms with van der Waals surface area (Å²) in [5.74, 6) is 3.00. The summed E-state index contributed by atoms with van der Waals surface area (Å²) < 4.78 is 0. The Bertz CT molecular complexity index is 582. The summed E-state index contributed by atoms with van der Waals surface area (Å²) in [7, 11) is 0. The highest BCUT2D eigenvalue weighted by molar-refractivity contribution is 5.95. The van der Waals surface area contributed by atoms with Gasteiger partial charge in [-0.1, -0.05) is 0 Å². The van der Waals surface area contributed by atoms with Gasteiger partial charge in [0.15, 0.2) is 0 Å². The fraction of sp³-hybridized carbons (Fsp3) is 0.625. The first-order valence-corrected chi connectivity index (χ1v) is 7.54. The molecule has 4 unspecified atom stereocenters. The summed E-state index contributed by atoms with van der Waals surface area (Å²) in [6, 6.07) is 2.31. The van der Waals surface area contributed by atoms with Gasteiger partial charge in [-0.15, -0.1) is 0 Å². The predicted octanol–water partition coefficient (Wildman–Crippen LogP) is 2.85. The monoisotopic (exact) mass is 272 g/mol. The number of nitrogens with one attached hydrogen (secondary N) is 1. The second kappa shape index (κ2) is 3.96. The van der Waals surface area contributed by atoms with Crippen LogP contribution in [-0.2, 0) is 0 Å². The Labute approximate surface area is 118 Å². The maximum Gasteiger partial charge on any atom is 0.339 e. The number of anilines is 1. The highest BCUT2D eigenvalue weighted by Crippen LogP contribution is 2.66. The van der Waals surface area contributed by atoms with Crippen LogP contribution in [0.1, 0.15) is 40.9 Å². The fourth-order valence-electron chi connectivity index (χ4n) is 4.89. The molecule has 1 aromatic rings. The number of carbonyl (C=O) groups is 1. The molecule has 0 amide bonds. The minimum Gasteiger partial charge on any atom is -0.478 e. The van der Waals surface area contributed by atoms with E-state index in [0.717, 1.165) is 34.9 Å². The number of pyridine rings is 1. The Morgan fingerprint density at radius 3 is 2.55 bits per heavy atom. The molecule has 0 spiro atoms. The summed E-state index contributed by atoms with van der Waals surface area (Å²) in [6.07, 6.45) is 4.14. The molecule has 2 N–H and O–H groups in total. The van der Waals surface area contributed by atoms with Crippen LogP contribution in [0.2, 0.25) is 0 Å². The molecular weight excluding hydrogens is 252 g/mol. The van der Waals surface area contributed by atoms with Gasteiger partial charge < -0.3 is 10.4 Å². The number of hydrogen-bond donors (Lipinski definition) is 2. The van der Waals surface area contributed by atoms with E-state index in [-0.39, 0.29) is 0 Å². The van der Waals surface area contributed by atoms with Crippen LogP contribution in [0.4, 0.5) is 5.82 Å². The number of hydrogen-bond acceptors (Lipinski definition) is 3. The standard InChI is InChI=1S/C16H20N2O2/c1-7-5-8(2)17-15(11(7)16(19)20)18-14-12-9-3-4-10(6-9)13(12)14/h5,9-10,12-14H,3-4,6H2,1-2H3,(H,17,18)(H,19,20). The smallest absolute Gasteiger partial charge is 0.339 e. The van der Waals surface area contributed by atoms with Gasteiger partial charge in [0.05, 0.1) is 0 Å². The Morgan fingerprint density at radius 2 is 1.95 bits per heavy atom. The second-order valence-electron chi connectivity index (χ2n) is 6.77. The van der Waals surface area contributed by atoms with Crippen LogP contribution in [0.3, 0.4) is 0 Å². The first-order valence-electron chi connectivity index (χ1n) is 7.54. The van der Waals surface area contributed by atoms with E-state index in [2.05, 4.69) is 10.3 Å². The molecule has 0 aliphatic heterocycles. The van der Waals surface area contributed by atoms with Gasteiger partial charge in [-0.05, 0) is 68.4 Å². The number of aromatic carboxylic acids is 1. The molecule has 3 fully saturated rings. The van der Waals surface area contributed by atoms with Crippen LogP contribution in [-0.4, -0.2) is 22.1 Å². The number of nitrogens with zero attached hydrogens (tertiary/aromatic N) is 1. The van der Waals surface area contributed by atoms with Gasteiger partial charge >= 0.3 is 5.97 Å². The minimum absolute atomic E-state index is 0.341. The van der Waals surface area contributed by atoms with Crippen LogP contribution in [0.25, 0.3) is 0 Å². The minimum atomic E-state index is -0.883. The van der Waals surface area contributed by atoms with Crippen LogP contribution in [0, 0.1) is 37.5 Å². The molecular formula is C16H20N2O2.